The van der Waals surface area contributed by atoms with Gasteiger partial charge in [0.2, 0.25) is 0 Å². The number of fused-ring (bicyclic) bond motifs is 8. The Hall–Kier alpha value is -4.39. The van der Waals surface area contributed by atoms with E-state index < -0.39 is 0 Å². The van der Waals surface area contributed by atoms with E-state index in [4.69, 9.17) is 0 Å². The van der Waals surface area contributed by atoms with Gasteiger partial charge in [-0.05, 0) is 23.3 Å². The maximum Gasteiger partial charge on any atom is 4.00 e. The molecule has 43 heavy (non-hydrogen) atoms. The van der Waals surface area contributed by atoms with Gasteiger partial charge in [-0.25, -0.2) is 0 Å². The van der Waals surface area contributed by atoms with Crippen molar-refractivity contribution in [2.75, 3.05) is 9.80 Å². The number of anilines is 2. The van der Waals surface area contributed by atoms with Crippen LogP contribution in [0.15, 0.2) is 146 Å². The van der Waals surface area contributed by atoms with Gasteiger partial charge in [-0.1, -0.05) is 108 Å². The predicted molar refractivity (Wildman–Crippen MR) is 174 cm³/mol. The first-order valence-electron chi connectivity index (χ1n) is 14.6. The maximum atomic E-state index is 3.82. The van der Waals surface area contributed by atoms with Crippen molar-refractivity contribution in [3.8, 4) is 22.3 Å². The Kier molecular flexibility index (Phi) is 8.87. The molecule has 0 amide bonds. The van der Waals surface area contributed by atoms with Gasteiger partial charge in [0.25, 0.3) is 0 Å². The minimum Gasteiger partial charge on any atom is -0.372 e. The standard InChI is InChI=1S/C40H32N2.Pt/c1-3-13-31(14-4-1)27-41-29-33-17-11-20-36(25-33)38-22-8-10-24-40(38)42(28-32-15-5-2-6-16-32)30-34-18-12-19-35(26-34)37-21-7-9-23-39(37)41;/h1-24H,27-30H2;/q-2;+4. The Labute approximate surface area is 269 Å². The zero-order chi connectivity index (χ0) is 28.1. The quantitative estimate of drug-likeness (QED) is 0.167. The summed E-state index contributed by atoms with van der Waals surface area (Å²) in [5, 5.41) is 0. The van der Waals surface area contributed by atoms with E-state index in [1.165, 1.54) is 33.6 Å². The van der Waals surface area contributed by atoms with Crippen LogP contribution in [0.5, 0.6) is 0 Å². The second-order valence-corrected chi connectivity index (χ2v) is 10.9. The molecule has 7 rings (SSSR count). The monoisotopic (exact) mass is 735 g/mol. The van der Waals surface area contributed by atoms with E-state index in [9.17, 15) is 0 Å². The van der Waals surface area contributed by atoms with Crippen LogP contribution in [0.4, 0.5) is 11.4 Å². The predicted octanol–water partition coefficient (Wildman–Crippen LogP) is 9.35. The molecule has 3 heteroatoms. The van der Waals surface area contributed by atoms with Crippen LogP contribution in [0.1, 0.15) is 22.3 Å². The molecule has 0 saturated carbocycles. The van der Waals surface area contributed by atoms with Gasteiger partial charge in [0.05, 0.1) is 0 Å². The van der Waals surface area contributed by atoms with Crippen molar-refractivity contribution in [1.82, 2.24) is 0 Å². The molecule has 1 aliphatic heterocycles. The number of rotatable bonds is 4. The second-order valence-electron chi connectivity index (χ2n) is 10.9. The van der Waals surface area contributed by atoms with Crippen molar-refractivity contribution in [3.63, 3.8) is 0 Å². The van der Waals surface area contributed by atoms with Crippen LogP contribution in [0.25, 0.3) is 22.3 Å². The molecule has 4 bridgehead atoms. The molecule has 0 unspecified atom stereocenters. The summed E-state index contributed by atoms with van der Waals surface area (Å²) in [5.74, 6) is 0. The van der Waals surface area contributed by atoms with Crippen LogP contribution in [-0.2, 0) is 47.2 Å². The normalized spacial score (nSPS) is 12.4. The molecule has 2 nitrogen and oxygen atoms in total. The SMILES string of the molecule is [Pt+4].[c-]1c2cccc1-c1ccccc1N(Cc1ccccc1)Cc1[c-]c(ccc1)-c1ccccc1N(Cc1ccccc1)C2. The molecule has 6 aromatic rings. The molecular formula is C40H32N2Pt+2. The van der Waals surface area contributed by atoms with E-state index in [1.54, 1.807) is 0 Å². The Bertz CT molecular complexity index is 1660. The smallest absolute Gasteiger partial charge is 0.372 e. The number of nitrogens with zero attached hydrogens (tertiary/aromatic N) is 2. The summed E-state index contributed by atoms with van der Waals surface area (Å²) in [7, 11) is 0. The van der Waals surface area contributed by atoms with Crippen LogP contribution >= 0.6 is 0 Å². The largest absolute Gasteiger partial charge is 4.00 e. The summed E-state index contributed by atoms with van der Waals surface area (Å²) in [5.41, 5.74) is 11.9. The molecule has 1 heterocycles. The molecule has 0 aliphatic carbocycles. The molecule has 0 saturated heterocycles. The number of para-hydroxylation sites is 2. The minimum absolute atomic E-state index is 0. The van der Waals surface area contributed by atoms with Gasteiger partial charge in [0, 0.05) is 37.6 Å². The van der Waals surface area contributed by atoms with E-state index in [2.05, 4.69) is 168 Å². The van der Waals surface area contributed by atoms with Gasteiger partial charge in [0.1, 0.15) is 0 Å². The van der Waals surface area contributed by atoms with E-state index in [0.29, 0.717) is 0 Å². The fourth-order valence-corrected chi connectivity index (χ4v) is 5.96. The molecule has 0 N–H and O–H groups in total. The summed E-state index contributed by atoms with van der Waals surface area (Å²) in [6.07, 6.45) is 0. The van der Waals surface area contributed by atoms with E-state index in [0.717, 1.165) is 48.4 Å². The Morgan fingerprint density at radius 2 is 0.814 bits per heavy atom. The number of hydrogen-bond acceptors (Lipinski definition) is 2. The van der Waals surface area contributed by atoms with Crippen molar-refractivity contribution in [3.05, 3.63) is 180 Å². The maximum absolute atomic E-state index is 3.82. The van der Waals surface area contributed by atoms with Gasteiger partial charge < -0.3 is 9.80 Å². The van der Waals surface area contributed by atoms with Gasteiger partial charge in [-0.3, -0.25) is 0 Å². The van der Waals surface area contributed by atoms with Crippen molar-refractivity contribution in [2.24, 2.45) is 0 Å². The van der Waals surface area contributed by atoms with Gasteiger partial charge >= 0.3 is 21.1 Å². The fraction of sp³-hybridized carbons (Fsp3) is 0.100. The molecule has 210 valence electrons. The zero-order valence-corrected chi connectivity index (χ0v) is 26.2. The fourth-order valence-electron chi connectivity index (χ4n) is 5.96. The average molecular weight is 736 g/mol. The third kappa shape index (κ3) is 6.51. The molecule has 0 radical (unpaired) electrons. The van der Waals surface area contributed by atoms with Crippen LogP contribution in [0.3, 0.4) is 0 Å². The summed E-state index contributed by atoms with van der Waals surface area (Å²) < 4.78 is 0. The third-order valence-electron chi connectivity index (χ3n) is 7.94. The van der Waals surface area contributed by atoms with Gasteiger partial charge in [0.15, 0.2) is 0 Å². The van der Waals surface area contributed by atoms with Crippen LogP contribution in [-0.4, -0.2) is 0 Å². The van der Waals surface area contributed by atoms with Crippen LogP contribution in [0, 0.1) is 12.1 Å². The third-order valence-corrected chi connectivity index (χ3v) is 7.94. The Morgan fingerprint density at radius 3 is 1.26 bits per heavy atom. The minimum atomic E-state index is 0. The van der Waals surface area contributed by atoms with E-state index in [-0.39, 0.29) is 21.1 Å². The zero-order valence-electron chi connectivity index (χ0n) is 23.9. The summed E-state index contributed by atoms with van der Waals surface area (Å²) in [6, 6.07) is 59.7. The molecular weight excluding hydrogens is 704 g/mol. The second kappa shape index (κ2) is 13.3. The average Bonchev–Trinajstić information content (AvgIpc) is 3.05. The number of benzene rings is 6. The van der Waals surface area contributed by atoms with Crippen molar-refractivity contribution < 1.29 is 21.1 Å². The summed E-state index contributed by atoms with van der Waals surface area (Å²) in [4.78, 5) is 4.94. The molecule has 1 aliphatic rings. The summed E-state index contributed by atoms with van der Waals surface area (Å²) >= 11 is 0. The first-order chi connectivity index (χ1) is 20.8. The van der Waals surface area contributed by atoms with Crippen molar-refractivity contribution >= 4 is 11.4 Å². The van der Waals surface area contributed by atoms with Gasteiger partial charge in [-0.2, -0.15) is 0 Å². The molecule has 0 aromatic heterocycles. The molecule has 6 aromatic carbocycles. The van der Waals surface area contributed by atoms with Crippen LogP contribution < -0.4 is 9.80 Å². The molecule has 0 fully saturated rings. The molecule has 0 atom stereocenters. The topological polar surface area (TPSA) is 6.48 Å². The summed E-state index contributed by atoms with van der Waals surface area (Å²) in [6.45, 7) is 3.10. The first kappa shape index (κ1) is 28.7. The molecule has 0 spiro atoms. The Morgan fingerprint density at radius 1 is 0.419 bits per heavy atom. The first-order valence-corrected chi connectivity index (χ1v) is 14.6. The van der Waals surface area contributed by atoms with E-state index >= 15 is 0 Å². The van der Waals surface area contributed by atoms with Crippen LogP contribution in [0.2, 0.25) is 0 Å². The number of hydrogen-bond donors (Lipinski definition) is 0. The van der Waals surface area contributed by atoms with Crippen molar-refractivity contribution in [2.45, 2.75) is 26.2 Å². The van der Waals surface area contributed by atoms with E-state index in [1.807, 2.05) is 0 Å². The Balaban J connectivity index is 0.00000329. The van der Waals surface area contributed by atoms with Crippen molar-refractivity contribution in [1.29, 1.82) is 0 Å². The van der Waals surface area contributed by atoms with Gasteiger partial charge in [-0.15, -0.1) is 70.8 Å².